The van der Waals surface area contributed by atoms with Crippen molar-refractivity contribution >= 4 is 18.0 Å². The van der Waals surface area contributed by atoms with Gasteiger partial charge in [-0.05, 0) is 49.6 Å². The maximum Gasteiger partial charge on any atom is 0.137 e. The molecule has 0 aliphatic carbocycles. The van der Waals surface area contributed by atoms with Crippen LogP contribution in [0.3, 0.4) is 0 Å². The summed E-state index contributed by atoms with van der Waals surface area (Å²) in [6.45, 7) is 6.20. The van der Waals surface area contributed by atoms with Gasteiger partial charge in [0.2, 0.25) is 0 Å². The summed E-state index contributed by atoms with van der Waals surface area (Å²) in [4.78, 5) is 15.7. The fourth-order valence-electron chi connectivity index (χ4n) is 2.34. The molecule has 0 fully saturated rings. The molecule has 1 heterocycles. The van der Waals surface area contributed by atoms with Crippen LogP contribution in [0.1, 0.15) is 27.5 Å². The van der Waals surface area contributed by atoms with E-state index in [1.54, 1.807) is 6.20 Å². The Morgan fingerprint density at radius 1 is 1.16 bits per heavy atom. The van der Waals surface area contributed by atoms with E-state index < -0.39 is 0 Å². The molecule has 0 aliphatic rings. The van der Waals surface area contributed by atoms with Crippen molar-refractivity contribution in [3.05, 3.63) is 58.8 Å². The van der Waals surface area contributed by atoms with E-state index in [9.17, 15) is 4.79 Å². The Labute approximate surface area is 118 Å². The second-order valence-electron chi connectivity index (χ2n) is 4.65. The predicted octanol–water partition coefficient (Wildman–Crippen LogP) is 4.04. The third-order valence-electron chi connectivity index (χ3n) is 3.03. The highest BCUT2D eigenvalue weighted by molar-refractivity contribution is 8.00. The number of hydrogen-bond donors (Lipinski definition) is 0. The highest BCUT2D eigenvalue weighted by Crippen LogP contribution is 2.36. The van der Waals surface area contributed by atoms with Gasteiger partial charge in [0.25, 0.3) is 0 Å². The molecule has 0 saturated carbocycles. The molecule has 1 atom stereocenters. The highest BCUT2D eigenvalue weighted by atomic mass is 32.2. The Balaban J connectivity index is 2.35. The predicted molar refractivity (Wildman–Crippen MR) is 79.6 cm³/mol. The molecule has 0 saturated heterocycles. The third-order valence-corrected chi connectivity index (χ3v) is 4.12. The van der Waals surface area contributed by atoms with Crippen LogP contribution in [0.2, 0.25) is 0 Å². The van der Waals surface area contributed by atoms with Crippen LogP contribution in [0.5, 0.6) is 0 Å². The quantitative estimate of drug-likeness (QED) is 0.621. The molecule has 1 unspecified atom stereocenters. The molecule has 0 aliphatic heterocycles. The number of thioether (sulfide) groups is 1. The number of pyridine rings is 1. The summed E-state index contributed by atoms with van der Waals surface area (Å²) >= 11 is 1.50. The fraction of sp³-hybridized carbons (Fsp3) is 0.250. The lowest BCUT2D eigenvalue weighted by Crippen LogP contribution is -2.02. The van der Waals surface area contributed by atoms with Gasteiger partial charge in [-0.25, -0.2) is 4.98 Å². The molecule has 0 radical (unpaired) electrons. The van der Waals surface area contributed by atoms with E-state index in [-0.39, 0.29) is 5.25 Å². The number of hydrogen-bond acceptors (Lipinski definition) is 3. The zero-order chi connectivity index (χ0) is 13.8. The standard InChI is InChI=1S/C16H17NOS/c1-11-8-12(2)16(13(3)9-11)14(10-18)19-15-6-4-5-7-17-15/h4-10,14H,1-3H3. The summed E-state index contributed by atoms with van der Waals surface area (Å²) in [6.07, 6.45) is 2.75. The van der Waals surface area contributed by atoms with E-state index in [0.29, 0.717) is 0 Å². The number of aromatic nitrogens is 1. The van der Waals surface area contributed by atoms with E-state index in [4.69, 9.17) is 0 Å². The van der Waals surface area contributed by atoms with Crippen molar-refractivity contribution in [3.8, 4) is 0 Å². The number of carbonyl (C=O) groups is 1. The first-order valence-electron chi connectivity index (χ1n) is 6.22. The van der Waals surface area contributed by atoms with Crippen LogP contribution in [0.4, 0.5) is 0 Å². The molecule has 0 amide bonds. The number of benzene rings is 1. The lowest BCUT2D eigenvalue weighted by molar-refractivity contribution is -0.107. The molecule has 19 heavy (non-hydrogen) atoms. The van der Waals surface area contributed by atoms with Gasteiger partial charge in [0.15, 0.2) is 0 Å². The van der Waals surface area contributed by atoms with Crippen LogP contribution in [-0.2, 0) is 4.79 Å². The van der Waals surface area contributed by atoms with E-state index >= 15 is 0 Å². The molecule has 0 spiro atoms. The summed E-state index contributed by atoms with van der Waals surface area (Å²) in [5.74, 6) is 0. The van der Waals surface area contributed by atoms with E-state index in [1.165, 1.54) is 17.3 Å². The first-order chi connectivity index (χ1) is 9.11. The first kappa shape index (κ1) is 13.8. The number of carbonyl (C=O) groups excluding carboxylic acids is 1. The molecule has 3 heteroatoms. The van der Waals surface area contributed by atoms with Crippen molar-refractivity contribution in [3.63, 3.8) is 0 Å². The average molecular weight is 271 g/mol. The van der Waals surface area contributed by atoms with Gasteiger partial charge in [0, 0.05) is 6.20 Å². The minimum atomic E-state index is -0.199. The SMILES string of the molecule is Cc1cc(C)c(C(C=O)Sc2ccccn2)c(C)c1. The van der Waals surface area contributed by atoms with Crippen LogP contribution in [-0.4, -0.2) is 11.3 Å². The molecule has 1 aromatic heterocycles. The topological polar surface area (TPSA) is 30.0 Å². The van der Waals surface area contributed by atoms with Crippen LogP contribution < -0.4 is 0 Å². The molecule has 0 N–H and O–H groups in total. The number of aldehydes is 1. The van der Waals surface area contributed by atoms with Gasteiger partial charge in [-0.2, -0.15) is 0 Å². The van der Waals surface area contributed by atoms with E-state index in [2.05, 4.69) is 37.9 Å². The molecule has 2 rings (SSSR count). The van der Waals surface area contributed by atoms with E-state index in [0.717, 1.165) is 28.0 Å². The molecular weight excluding hydrogens is 254 g/mol. The molecule has 98 valence electrons. The Kier molecular flexibility index (Phi) is 4.38. The summed E-state index contributed by atoms with van der Waals surface area (Å²) in [7, 11) is 0. The summed E-state index contributed by atoms with van der Waals surface area (Å²) < 4.78 is 0. The van der Waals surface area contributed by atoms with Crippen LogP contribution in [0, 0.1) is 20.8 Å². The Bertz CT molecular complexity index is 558. The van der Waals surface area contributed by atoms with Crippen LogP contribution >= 0.6 is 11.8 Å². The third kappa shape index (κ3) is 3.24. The zero-order valence-electron chi connectivity index (χ0n) is 11.4. The number of nitrogens with zero attached hydrogens (tertiary/aromatic N) is 1. The second kappa shape index (κ2) is 6.02. The zero-order valence-corrected chi connectivity index (χ0v) is 12.2. The minimum Gasteiger partial charge on any atom is -0.302 e. The Morgan fingerprint density at radius 2 is 1.84 bits per heavy atom. The summed E-state index contributed by atoms with van der Waals surface area (Å²) in [5, 5.41) is 0.675. The van der Waals surface area contributed by atoms with Crippen molar-refractivity contribution in [2.45, 2.75) is 31.0 Å². The minimum absolute atomic E-state index is 0.199. The van der Waals surface area contributed by atoms with Crippen molar-refractivity contribution < 1.29 is 4.79 Å². The molecular formula is C16H17NOS. The Morgan fingerprint density at radius 3 is 2.37 bits per heavy atom. The maximum absolute atomic E-state index is 11.5. The lowest BCUT2D eigenvalue weighted by Gasteiger charge is -2.16. The number of rotatable bonds is 4. The summed E-state index contributed by atoms with van der Waals surface area (Å²) in [5.41, 5.74) is 4.67. The smallest absolute Gasteiger partial charge is 0.137 e. The van der Waals surface area contributed by atoms with Gasteiger partial charge >= 0.3 is 0 Å². The fourth-order valence-corrected chi connectivity index (χ4v) is 3.43. The van der Waals surface area contributed by atoms with Gasteiger partial charge in [-0.15, -0.1) is 0 Å². The first-order valence-corrected chi connectivity index (χ1v) is 7.10. The van der Waals surface area contributed by atoms with Crippen molar-refractivity contribution in [2.24, 2.45) is 0 Å². The Hall–Kier alpha value is -1.61. The van der Waals surface area contributed by atoms with E-state index in [1.807, 2.05) is 18.2 Å². The molecule has 2 nitrogen and oxygen atoms in total. The largest absolute Gasteiger partial charge is 0.302 e. The van der Waals surface area contributed by atoms with Crippen molar-refractivity contribution in [1.29, 1.82) is 0 Å². The monoisotopic (exact) mass is 271 g/mol. The highest BCUT2D eigenvalue weighted by Gasteiger charge is 2.17. The van der Waals surface area contributed by atoms with Crippen molar-refractivity contribution in [1.82, 2.24) is 4.98 Å². The van der Waals surface area contributed by atoms with Gasteiger partial charge in [-0.1, -0.05) is 35.5 Å². The van der Waals surface area contributed by atoms with Crippen molar-refractivity contribution in [2.75, 3.05) is 0 Å². The molecule has 0 bridgehead atoms. The van der Waals surface area contributed by atoms with Gasteiger partial charge < -0.3 is 4.79 Å². The lowest BCUT2D eigenvalue weighted by atomic mass is 9.97. The van der Waals surface area contributed by atoms with Gasteiger partial charge in [-0.3, -0.25) is 0 Å². The normalized spacial score (nSPS) is 12.2. The second-order valence-corrected chi connectivity index (χ2v) is 5.82. The molecule has 1 aromatic carbocycles. The van der Waals surface area contributed by atoms with Gasteiger partial charge in [0.05, 0.1) is 10.3 Å². The van der Waals surface area contributed by atoms with Crippen LogP contribution in [0.25, 0.3) is 0 Å². The number of aryl methyl sites for hydroxylation is 3. The summed E-state index contributed by atoms with van der Waals surface area (Å²) in [6, 6.07) is 9.99. The van der Waals surface area contributed by atoms with Crippen LogP contribution in [0.15, 0.2) is 41.6 Å². The van der Waals surface area contributed by atoms with Gasteiger partial charge in [0.1, 0.15) is 6.29 Å². The maximum atomic E-state index is 11.5. The molecule has 2 aromatic rings. The average Bonchev–Trinajstić information content (AvgIpc) is 2.37.